The lowest BCUT2D eigenvalue weighted by Crippen LogP contribution is -2.30. The first-order valence-corrected chi connectivity index (χ1v) is 4.45. The molecular weight excluding hydrogens is 150 g/mol. The maximum Gasteiger partial charge on any atom is 0.0209 e. The van der Waals surface area contributed by atoms with Crippen molar-refractivity contribution >= 4 is 11.3 Å². The van der Waals surface area contributed by atoms with E-state index in [0.717, 1.165) is 12.8 Å². The Morgan fingerprint density at radius 2 is 2.20 bits per heavy atom. The lowest BCUT2D eigenvalue weighted by Gasteiger charge is -2.25. The molecule has 62 valence electrons. The van der Waals surface area contributed by atoms with Crippen LogP contribution < -0.4 is 0 Å². The minimum absolute atomic E-state index is 0.128. The second-order valence-electron chi connectivity index (χ2n) is 2.40. The van der Waals surface area contributed by atoms with E-state index in [4.69, 9.17) is 0 Å². The van der Waals surface area contributed by atoms with Gasteiger partial charge in [-0.25, -0.2) is 4.31 Å². The molecule has 0 bridgehead atoms. The third-order valence-corrected chi connectivity index (χ3v) is 2.39. The van der Waals surface area contributed by atoms with Crippen LogP contribution >= 0.6 is 0 Å². The molecule has 0 spiro atoms. The summed E-state index contributed by atoms with van der Waals surface area (Å²) in [5, 5.41) is 0. The van der Waals surface area contributed by atoms with Gasteiger partial charge >= 0.3 is 0 Å². The van der Waals surface area contributed by atoms with E-state index < -0.39 is 11.3 Å². The number of nitrogens with zero attached hydrogens (tertiary/aromatic N) is 1. The molecule has 0 saturated carbocycles. The molecule has 4 heteroatoms. The Balaban J connectivity index is 3.69. The summed E-state index contributed by atoms with van der Waals surface area (Å²) in [6, 6.07) is 0.128. The summed E-state index contributed by atoms with van der Waals surface area (Å²) in [5.41, 5.74) is 0. The first kappa shape index (κ1) is 10.1. The monoisotopic (exact) mass is 164 g/mol. The van der Waals surface area contributed by atoms with Gasteiger partial charge in [-0.1, -0.05) is 13.3 Å². The second-order valence-corrected chi connectivity index (χ2v) is 3.41. The van der Waals surface area contributed by atoms with Crippen molar-refractivity contribution in [1.29, 1.82) is 0 Å². The van der Waals surface area contributed by atoms with Crippen molar-refractivity contribution in [2.45, 2.75) is 32.7 Å². The van der Waals surface area contributed by atoms with Crippen molar-refractivity contribution < 1.29 is 8.76 Å². The van der Waals surface area contributed by atoms with E-state index in [1.165, 1.54) is 4.31 Å². The zero-order valence-corrected chi connectivity index (χ0v) is 7.48. The van der Waals surface area contributed by atoms with Gasteiger partial charge in [-0.05, 0) is 20.4 Å². The molecular formula is C6H14NO2S-. The first-order valence-electron chi connectivity index (χ1n) is 3.41. The fourth-order valence-corrected chi connectivity index (χ4v) is 1.15. The van der Waals surface area contributed by atoms with Crippen molar-refractivity contribution in [1.82, 2.24) is 4.31 Å². The van der Waals surface area contributed by atoms with Crippen molar-refractivity contribution in [3.05, 3.63) is 0 Å². The fraction of sp³-hybridized carbons (Fsp3) is 1.00. The smallest absolute Gasteiger partial charge is 0.0209 e. The zero-order chi connectivity index (χ0) is 8.15. The maximum absolute atomic E-state index is 10.3. The largest absolute Gasteiger partial charge is 0.760 e. The molecule has 0 aliphatic carbocycles. The van der Waals surface area contributed by atoms with Crippen molar-refractivity contribution in [3.63, 3.8) is 0 Å². The van der Waals surface area contributed by atoms with Crippen molar-refractivity contribution in [2.24, 2.45) is 0 Å². The molecule has 2 atom stereocenters. The summed E-state index contributed by atoms with van der Waals surface area (Å²) in [7, 11) is 1.59. The standard InChI is InChI=1S/C6H15NO2S/c1-4-5-6(2)7(3)10(8)9/h6H,4-5H2,1-3H3,(H,8,9)/p-1. The van der Waals surface area contributed by atoms with Crippen molar-refractivity contribution in [3.8, 4) is 0 Å². The normalized spacial score (nSPS) is 17.3. The minimum Gasteiger partial charge on any atom is -0.760 e. The minimum atomic E-state index is -2.06. The summed E-state index contributed by atoms with van der Waals surface area (Å²) in [6.07, 6.45) is 1.94. The molecule has 10 heavy (non-hydrogen) atoms. The molecule has 0 aromatic rings. The SMILES string of the molecule is CCCC(C)N(C)S(=O)[O-]. The highest BCUT2D eigenvalue weighted by atomic mass is 32.2. The van der Waals surface area contributed by atoms with E-state index in [9.17, 15) is 8.76 Å². The highest BCUT2D eigenvalue weighted by Gasteiger charge is 2.06. The topological polar surface area (TPSA) is 43.4 Å². The van der Waals surface area contributed by atoms with Gasteiger partial charge in [-0.15, -0.1) is 0 Å². The van der Waals surface area contributed by atoms with Gasteiger partial charge in [0.2, 0.25) is 0 Å². The summed E-state index contributed by atoms with van der Waals surface area (Å²) < 4.78 is 22.0. The Labute approximate surface area is 64.8 Å². The van der Waals surface area contributed by atoms with E-state index in [0.29, 0.717) is 0 Å². The van der Waals surface area contributed by atoms with Crippen LogP contribution in [0.15, 0.2) is 0 Å². The van der Waals surface area contributed by atoms with Crippen molar-refractivity contribution in [2.75, 3.05) is 7.05 Å². The van der Waals surface area contributed by atoms with Gasteiger partial charge in [0.25, 0.3) is 0 Å². The van der Waals surface area contributed by atoms with Gasteiger partial charge in [-0.3, -0.25) is 4.21 Å². The summed E-state index contributed by atoms with van der Waals surface area (Å²) in [6.45, 7) is 3.94. The first-order chi connectivity index (χ1) is 4.59. The van der Waals surface area contributed by atoms with Gasteiger partial charge in [0.15, 0.2) is 0 Å². The molecule has 2 unspecified atom stereocenters. The lowest BCUT2D eigenvalue weighted by atomic mass is 10.2. The molecule has 0 rings (SSSR count). The average Bonchev–Trinajstić information content (AvgIpc) is 1.87. The number of hydrogen-bond acceptors (Lipinski definition) is 2. The Morgan fingerprint density at radius 3 is 2.50 bits per heavy atom. The van der Waals surface area contributed by atoms with Gasteiger partial charge in [-0.2, -0.15) is 0 Å². The highest BCUT2D eigenvalue weighted by molar-refractivity contribution is 7.76. The van der Waals surface area contributed by atoms with E-state index >= 15 is 0 Å². The van der Waals surface area contributed by atoms with Crippen LogP contribution in [-0.4, -0.2) is 26.2 Å². The summed E-state index contributed by atoms with van der Waals surface area (Å²) in [5.74, 6) is 0. The maximum atomic E-state index is 10.3. The molecule has 0 fully saturated rings. The average molecular weight is 164 g/mol. The van der Waals surface area contributed by atoms with Gasteiger partial charge in [0.05, 0.1) is 0 Å². The van der Waals surface area contributed by atoms with E-state index in [1.54, 1.807) is 7.05 Å². The predicted molar refractivity (Wildman–Crippen MR) is 41.1 cm³/mol. The van der Waals surface area contributed by atoms with Crippen LogP contribution in [0.4, 0.5) is 0 Å². The third-order valence-electron chi connectivity index (χ3n) is 1.56. The molecule has 0 N–H and O–H groups in total. The quantitative estimate of drug-likeness (QED) is 0.579. The zero-order valence-electron chi connectivity index (χ0n) is 6.66. The molecule has 0 amide bonds. The molecule has 0 radical (unpaired) electrons. The Hall–Kier alpha value is 0.0700. The molecule has 0 aliphatic rings. The van der Waals surface area contributed by atoms with Gasteiger partial charge < -0.3 is 4.55 Å². The van der Waals surface area contributed by atoms with E-state index in [-0.39, 0.29) is 6.04 Å². The van der Waals surface area contributed by atoms with E-state index in [2.05, 4.69) is 0 Å². The fourth-order valence-electron chi connectivity index (χ4n) is 0.747. The number of rotatable bonds is 4. The predicted octanol–water partition coefficient (Wildman–Crippen LogP) is 0.901. The van der Waals surface area contributed by atoms with Gasteiger partial charge in [0, 0.05) is 17.3 Å². The van der Waals surface area contributed by atoms with Crippen LogP contribution in [0.1, 0.15) is 26.7 Å². The third kappa shape index (κ3) is 3.29. The molecule has 0 heterocycles. The van der Waals surface area contributed by atoms with Crippen LogP contribution in [0.2, 0.25) is 0 Å². The second kappa shape index (κ2) is 4.82. The lowest BCUT2D eigenvalue weighted by molar-refractivity contribution is 0.353. The highest BCUT2D eigenvalue weighted by Crippen LogP contribution is 2.04. The van der Waals surface area contributed by atoms with Crippen LogP contribution in [-0.2, 0) is 11.3 Å². The Bertz CT molecular complexity index is 118. The van der Waals surface area contributed by atoms with Crippen LogP contribution in [0, 0.1) is 0 Å². The van der Waals surface area contributed by atoms with Gasteiger partial charge in [0.1, 0.15) is 0 Å². The molecule has 0 aromatic heterocycles. The van der Waals surface area contributed by atoms with Crippen LogP contribution in [0.5, 0.6) is 0 Å². The molecule has 3 nitrogen and oxygen atoms in total. The summed E-state index contributed by atoms with van der Waals surface area (Å²) >= 11 is -2.06. The van der Waals surface area contributed by atoms with Crippen LogP contribution in [0.25, 0.3) is 0 Å². The Kier molecular flexibility index (Phi) is 4.85. The van der Waals surface area contributed by atoms with Crippen LogP contribution in [0.3, 0.4) is 0 Å². The summed E-state index contributed by atoms with van der Waals surface area (Å²) in [4.78, 5) is 0. The molecule has 0 saturated heterocycles. The Morgan fingerprint density at radius 1 is 1.70 bits per heavy atom. The molecule has 0 aliphatic heterocycles. The van der Waals surface area contributed by atoms with E-state index in [1.807, 2.05) is 13.8 Å². The number of hydrogen-bond donors (Lipinski definition) is 0. The molecule has 0 aromatic carbocycles.